The summed E-state index contributed by atoms with van der Waals surface area (Å²) in [6.45, 7) is 1.95. The second kappa shape index (κ2) is 8.37. The van der Waals surface area contributed by atoms with E-state index in [-0.39, 0.29) is 17.7 Å². The van der Waals surface area contributed by atoms with Gasteiger partial charge in [0.25, 0.3) is 0 Å². The van der Waals surface area contributed by atoms with Crippen LogP contribution in [0, 0.1) is 18.8 Å². The summed E-state index contributed by atoms with van der Waals surface area (Å²) in [5, 5.41) is 2.95. The van der Waals surface area contributed by atoms with Gasteiger partial charge < -0.3 is 15.0 Å². The molecule has 7 heteroatoms. The van der Waals surface area contributed by atoms with Crippen molar-refractivity contribution in [2.24, 2.45) is 11.8 Å². The lowest BCUT2D eigenvalue weighted by atomic mass is 9.84. The van der Waals surface area contributed by atoms with Crippen LogP contribution in [0.4, 0.5) is 11.4 Å². The lowest BCUT2D eigenvalue weighted by molar-refractivity contribution is -0.128. The molecule has 0 aromatic heterocycles. The maximum absolute atomic E-state index is 13.9. The molecule has 3 aromatic rings. The molecule has 4 atom stereocenters. The molecular formula is C29H25N3O4. The summed E-state index contributed by atoms with van der Waals surface area (Å²) in [7, 11) is 1.58. The van der Waals surface area contributed by atoms with Crippen molar-refractivity contribution in [1.82, 2.24) is 4.90 Å². The third kappa shape index (κ3) is 3.31. The smallest absolute Gasteiger partial charge is 0.247 e. The van der Waals surface area contributed by atoms with E-state index in [0.29, 0.717) is 17.1 Å². The number of methoxy groups -OCH3 is 1. The van der Waals surface area contributed by atoms with E-state index in [1.165, 1.54) is 4.90 Å². The minimum absolute atomic E-state index is 0.270. The summed E-state index contributed by atoms with van der Waals surface area (Å²) in [5.41, 5.74) is 4.09. The van der Waals surface area contributed by atoms with Crippen LogP contribution in [0.25, 0.3) is 6.08 Å². The highest BCUT2D eigenvalue weighted by Crippen LogP contribution is 2.53. The zero-order valence-electron chi connectivity index (χ0n) is 19.9. The fourth-order valence-corrected chi connectivity index (χ4v) is 5.70. The molecule has 2 saturated heterocycles. The van der Waals surface area contributed by atoms with Crippen molar-refractivity contribution in [3.05, 3.63) is 95.7 Å². The van der Waals surface area contributed by atoms with Crippen molar-refractivity contribution in [2.45, 2.75) is 19.0 Å². The number of ether oxygens (including phenoxy) is 1. The predicted molar refractivity (Wildman–Crippen MR) is 136 cm³/mol. The van der Waals surface area contributed by atoms with Crippen molar-refractivity contribution in [3.63, 3.8) is 0 Å². The van der Waals surface area contributed by atoms with Gasteiger partial charge in [0.15, 0.2) is 0 Å². The van der Waals surface area contributed by atoms with Crippen molar-refractivity contribution in [1.29, 1.82) is 0 Å². The van der Waals surface area contributed by atoms with E-state index >= 15 is 0 Å². The Morgan fingerprint density at radius 2 is 1.58 bits per heavy atom. The average Bonchev–Trinajstić information content (AvgIpc) is 3.37. The lowest BCUT2D eigenvalue weighted by Crippen LogP contribution is -2.46. The van der Waals surface area contributed by atoms with Gasteiger partial charge >= 0.3 is 0 Å². The van der Waals surface area contributed by atoms with Crippen LogP contribution in [-0.4, -0.2) is 35.8 Å². The van der Waals surface area contributed by atoms with Crippen LogP contribution in [-0.2, 0) is 14.4 Å². The molecule has 0 radical (unpaired) electrons. The molecule has 1 unspecified atom stereocenters. The average molecular weight is 480 g/mol. The molecule has 3 aliphatic rings. The minimum atomic E-state index is -0.835. The van der Waals surface area contributed by atoms with Gasteiger partial charge in [-0.25, -0.2) is 4.90 Å². The number of nitrogens with one attached hydrogen (secondary N) is 1. The van der Waals surface area contributed by atoms with Crippen LogP contribution >= 0.6 is 0 Å². The van der Waals surface area contributed by atoms with Crippen molar-refractivity contribution < 1.29 is 19.1 Å². The van der Waals surface area contributed by atoms with E-state index in [0.717, 1.165) is 16.7 Å². The number of fused-ring (bicyclic) bond motifs is 5. The van der Waals surface area contributed by atoms with Crippen LogP contribution in [0.1, 0.15) is 22.7 Å². The number of nitrogens with zero attached hydrogens (tertiary/aromatic N) is 2. The van der Waals surface area contributed by atoms with Gasteiger partial charge in [0.05, 0.1) is 30.7 Å². The Balaban J connectivity index is 1.41. The quantitative estimate of drug-likeness (QED) is 0.569. The Hall–Kier alpha value is -4.39. The van der Waals surface area contributed by atoms with Gasteiger partial charge in [-0.3, -0.25) is 14.4 Å². The number of carbonyl (C=O) groups excluding carboxylic acids is 3. The highest BCUT2D eigenvalue weighted by Gasteiger charge is 2.64. The summed E-state index contributed by atoms with van der Waals surface area (Å²) in [6, 6.07) is 20.9. The first-order valence-electron chi connectivity index (χ1n) is 11.9. The fourth-order valence-electron chi connectivity index (χ4n) is 5.70. The summed E-state index contributed by atoms with van der Waals surface area (Å²) in [4.78, 5) is 44.6. The number of rotatable bonds is 4. The second-order valence-corrected chi connectivity index (χ2v) is 9.40. The van der Waals surface area contributed by atoms with E-state index in [4.69, 9.17) is 4.74 Å². The topological polar surface area (TPSA) is 79.0 Å². The van der Waals surface area contributed by atoms with Gasteiger partial charge in [-0.2, -0.15) is 0 Å². The number of hydrogen-bond acceptors (Lipinski definition) is 5. The van der Waals surface area contributed by atoms with Crippen LogP contribution in [0.2, 0.25) is 0 Å². The summed E-state index contributed by atoms with van der Waals surface area (Å²) in [6.07, 6.45) is 3.79. The Bertz CT molecular complexity index is 1400. The Morgan fingerprint density at radius 3 is 2.31 bits per heavy atom. The number of aryl methyl sites for hydroxylation is 1. The maximum Gasteiger partial charge on any atom is 0.247 e. The van der Waals surface area contributed by atoms with Crippen LogP contribution in [0.5, 0.6) is 5.75 Å². The van der Waals surface area contributed by atoms with Gasteiger partial charge in [-0.05, 0) is 60.5 Å². The van der Waals surface area contributed by atoms with Crippen LogP contribution in [0.15, 0.2) is 79.0 Å². The van der Waals surface area contributed by atoms with Crippen molar-refractivity contribution in [2.75, 3.05) is 17.3 Å². The predicted octanol–water partition coefficient (Wildman–Crippen LogP) is 4.16. The fraction of sp³-hybridized carbons (Fsp3) is 0.207. The first-order chi connectivity index (χ1) is 17.5. The molecule has 180 valence electrons. The number of benzene rings is 3. The number of imide groups is 1. The molecule has 3 amide bonds. The Kier molecular flexibility index (Phi) is 5.14. The standard InChI is InChI=1S/C29H25N3O4/c1-17-7-11-20(12-8-17)32-28(34)23-24(29(32)35)26(27(33)30-19-9-13-21(36-2)14-10-19)31-16-15-18-5-3-4-6-22(18)25(23)31/h3-16,23-26H,1-2H3,(H,30,33)/t23-,24+,25?,26-/m0/s1. The highest BCUT2D eigenvalue weighted by atomic mass is 16.5. The van der Waals surface area contributed by atoms with Crippen molar-refractivity contribution in [3.8, 4) is 5.75 Å². The van der Waals surface area contributed by atoms with Crippen molar-refractivity contribution >= 4 is 35.2 Å². The Morgan fingerprint density at radius 1 is 0.889 bits per heavy atom. The minimum Gasteiger partial charge on any atom is -0.497 e. The summed E-state index contributed by atoms with van der Waals surface area (Å²) >= 11 is 0. The van der Waals surface area contributed by atoms with E-state index in [1.807, 2.05) is 60.5 Å². The SMILES string of the molecule is COc1ccc(NC(=O)[C@@H]2[C@@H]3C(=O)N(c4ccc(C)cc4)C(=O)[C@@H]3C3c4ccccc4C=CN32)cc1. The molecule has 0 bridgehead atoms. The normalized spacial score (nSPS) is 23.8. The molecule has 36 heavy (non-hydrogen) atoms. The van der Waals surface area contributed by atoms with E-state index < -0.39 is 23.9 Å². The van der Waals surface area contributed by atoms with Gasteiger partial charge in [0.2, 0.25) is 17.7 Å². The zero-order valence-corrected chi connectivity index (χ0v) is 19.9. The van der Waals surface area contributed by atoms with Gasteiger partial charge in [-0.1, -0.05) is 42.0 Å². The third-order valence-corrected chi connectivity index (χ3v) is 7.38. The first-order valence-corrected chi connectivity index (χ1v) is 11.9. The highest BCUT2D eigenvalue weighted by molar-refractivity contribution is 6.24. The van der Waals surface area contributed by atoms with Crippen LogP contribution in [0.3, 0.4) is 0 Å². The molecule has 3 heterocycles. The molecular weight excluding hydrogens is 454 g/mol. The largest absolute Gasteiger partial charge is 0.497 e. The molecule has 6 rings (SSSR count). The second-order valence-electron chi connectivity index (χ2n) is 9.40. The zero-order chi connectivity index (χ0) is 25.0. The molecule has 7 nitrogen and oxygen atoms in total. The van der Waals surface area contributed by atoms with Crippen LogP contribution < -0.4 is 15.0 Å². The molecule has 1 N–H and O–H groups in total. The third-order valence-electron chi connectivity index (χ3n) is 7.38. The number of amides is 3. The molecule has 0 saturated carbocycles. The monoisotopic (exact) mass is 479 g/mol. The van der Waals surface area contributed by atoms with Gasteiger partial charge in [-0.15, -0.1) is 0 Å². The van der Waals surface area contributed by atoms with E-state index in [1.54, 1.807) is 43.5 Å². The summed E-state index contributed by atoms with van der Waals surface area (Å²) in [5.74, 6) is -1.74. The summed E-state index contributed by atoms with van der Waals surface area (Å²) < 4.78 is 5.20. The number of hydrogen-bond donors (Lipinski definition) is 1. The van der Waals surface area contributed by atoms with E-state index in [9.17, 15) is 14.4 Å². The number of carbonyl (C=O) groups is 3. The maximum atomic E-state index is 13.9. The van der Waals surface area contributed by atoms with E-state index in [2.05, 4.69) is 5.32 Å². The molecule has 2 fully saturated rings. The lowest BCUT2D eigenvalue weighted by Gasteiger charge is -2.35. The molecule has 3 aliphatic heterocycles. The Labute approximate surface area is 209 Å². The molecule has 0 spiro atoms. The van der Waals surface area contributed by atoms with Gasteiger partial charge in [0.1, 0.15) is 11.8 Å². The molecule has 3 aromatic carbocycles. The molecule has 0 aliphatic carbocycles. The number of anilines is 2. The van der Waals surface area contributed by atoms with Gasteiger partial charge in [0, 0.05) is 11.9 Å². The first kappa shape index (κ1) is 22.1.